The number of halogens is 2. The smallest absolute Gasteiger partial charge is 0.321 e. The maximum atomic E-state index is 11.8. The third kappa shape index (κ3) is 6.88. The lowest BCUT2D eigenvalue weighted by Crippen LogP contribution is -2.29. The Bertz CT molecular complexity index is 867. The highest BCUT2D eigenvalue weighted by Crippen LogP contribution is 2.22. The van der Waals surface area contributed by atoms with Gasteiger partial charge in [0.1, 0.15) is 13.2 Å². The predicted octanol–water partition coefficient (Wildman–Crippen LogP) is 3.63. The summed E-state index contributed by atoms with van der Waals surface area (Å²) in [6.07, 6.45) is 1.43. The molecule has 0 radical (unpaired) electrons. The third-order valence-corrected chi connectivity index (χ3v) is 4.82. The average molecular weight is 400 g/mol. The molecule has 0 saturated heterocycles. The van der Waals surface area contributed by atoms with Crippen LogP contribution in [0, 0.1) is 0 Å². The van der Waals surface area contributed by atoms with Crippen LogP contribution < -0.4 is 4.72 Å². The first-order chi connectivity index (χ1) is 11.9. The van der Waals surface area contributed by atoms with Crippen molar-refractivity contribution >= 4 is 45.3 Å². The molecular formula is C17H15Cl2NO4S. The molecule has 2 aromatic carbocycles. The van der Waals surface area contributed by atoms with Crippen LogP contribution in [0.2, 0.25) is 10.0 Å². The van der Waals surface area contributed by atoms with E-state index in [4.69, 9.17) is 27.9 Å². The monoisotopic (exact) mass is 399 g/mol. The van der Waals surface area contributed by atoms with Crippen molar-refractivity contribution in [2.45, 2.75) is 6.61 Å². The number of hydrogen-bond donors (Lipinski definition) is 1. The molecule has 0 aliphatic rings. The van der Waals surface area contributed by atoms with E-state index in [-0.39, 0.29) is 6.61 Å². The molecule has 0 aliphatic carbocycles. The van der Waals surface area contributed by atoms with E-state index in [9.17, 15) is 13.2 Å². The third-order valence-electron chi connectivity index (χ3n) is 3.04. The number of carbonyl (C=O) groups is 1. The maximum Gasteiger partial charge on any atom is 0.321 e. The van der Waals surface area contributed by atoms with Crippen LogP contribution in [-0.2, 0) is 26.2 Å². The summed E-state index contributed by atoms with van der Waals surface area (Å²) in [5.74, 6) is -0.706. The van der Waals surface area contributed by atoms with Crippen molar-refractivity contribution < 1.29 is 17.9 Å². The number of carbonyl (C=O) groups excluding carboxylic acids is 1. The molecule has 5 nitrogen and oxygen atoms in total. The summed E-state index contributed by atoms with van der Waals surface area (Å²) in [6.45, 7) is -0.500. The number of esters is 1. The number of nitrogens with one attached hydrogen (secondary N) is 1. The summed E-state index contributed by atoms with van der Waals surface area (Å²) < 4.78 is 30.8. The van der Waals surface area contributed by atoms with Gasteiger partial charge in [-0.15, -0.1) is 0 Å². The first-order valence-electron chi connectivity index (χ1n) is 7.18. The minimum absolute atomic E-state index is 0.0305. The van der Waals surface area contributed by atoms with Crippen molar-refractivity contribution in [1.82, 2.24) is 4.72 Å². The van der Waals surface area contributed by atoms with Gasteiger partial charge in [-0.25, -0.2) is 13.1 Å². The zero-order valence-electron chi connectivity index (χ0n) is 13.0. The van der Waals surface area contributed by atoms with Crippen molar-refractivity contribution in [2.24, 2.45) is 0 Å². The summed E-state index contributed by atoms with van der Waals surface area (Å²) in [7, 11) is -3.74. The Morgan fingerprint density at radius 2 is 1.80 bits per heavy atom. The number of rotatable bonds is 7. The molecule has 2 rings (SSSR count). The van der Waals surface area contributed by atoms with Crippen molar-refractivity contribution in [3.63, 3.8) is 0 Å². The van der Waals surface area contributed by atoms with Crippen molar-refractivity contribution in [1.29, 1.82) is 0 Å². The highest BCUT2D eigenvalue weighted by molar-refractivity contribution is 7.92. The normalized spacial score (nSPS) is 11.6. The zero-order valence-corrected chi connectivity index (χ0v) is 15.3. The van der Waals surface area contributed by atoms with Gasteiger partial charge in [0.15, 0.2) is 0 Å². The second-order valence-electron chi connectivity index (χ2n) is 4.99. The Kier molecular flexibility index (Phi) is 7.01. The average Bonchev–Trinajstić information content (AvgIpc) is 2.60. The van der Waals surface area contributed by atoms with E-state index in [0.29, 0.717) is 15.6 Å². The van der Waals surface area contributed by atoms with Gasteiger partial charge >= 0.3 is 5.97 Å². The minimum Gasteiger partial charge on any atom is -0.460 e. The van der Waals surface area contributed by atoms with Gasteiger partial charge in [-0.1, -0.05) is 59.6 Å². The summed E-state index contributed by atoms with van der Waals surface area (Å²) in [6, 6.07) is 13.8. The van der Waals surface area contributed by atoms with Gasteiger partial charge in [0, 0.05) is 5.41 Å². The van der Waals surface area contributed by atoms with E-state index < -0.39 is 22.5 Å². The molecule has 0 unspecified atom stereocenters. The van der Waals surface area contributed by atoms with Gasteiger partial charge in [-0.05, 0) is 29.3 Å². The molecule has 0 heterocycles. The Balaban J connectivity index is 1.82. The molecule has 8 heteroatoms. The van der Waals surface area contributed by atoms with Gasteiger partial charge < -0.3 is 4.74 Å². The van der Waals surface area contributed by atoms with Crippen LogP contribution in [0.3, 0.4) is 0 Å². The lowest BCUT2D eigenvalue weighted by Gasteiger charge is -2.06. The van der Waals surface area contributed by atoms with Gasteiger partial charge in [-0.3, -0.25) is 4.79 Å². The van der Waals surface area contributed by atoms with Gasteiger partial charge in [0.25, 0.3) is 0 Å². The summed E-state index contributed by atoms with van der Waals surface area (Å²) in [4.78, 5) is 11.7. The second-order valence-corrected chi connectivity index (χ2v) is 7.45. The number of benzene rings is 2. The molecule has 2 aromatic rings. The van der Waals surface area contributed by atoms with Gasteiger partial charge in [-0.2, -0.15) is 0 Å². The fourth-order valence-corrected chi connectivity index (χ4v) is 2.86. The molecule has 0 aromatic heterocycles. The van der Waals surface area contributed by atoms with Crippen LogP contribution in [0.4, 0.5) is 0 Å². The minimum atomic E-state index is -3.74. The fourth-order valence-electron chi connectivity index (χ4n) is 1.78. The van der Waals surface area contributed by atoms with E-state index in [1.165, 1.54) is 6.08 Å². The Morgan fingerprint density at radius 1 is 1.08 bits per heavy atom. The van der Waals surface area contributed by atoms with Crippen LogP contribution in [0.25, 0.3) is 6.08 Å². The quantitative estimate of drug-likeness (QED) is 0.721. The molecule has 0 spiro atoms. The van der Waals surface area contributed by atoms with Crippen LogP contribution >= 0.6 is 23.2 Å². The van der Waals surface area contributed by atoms with Crippen LogP contribution in [-0.4, -0.2) is 20.9 Å². The molecule has 0 amide bonds. The molecule has 0 fully saturated rings. The summed E-state index contributed by atoms with van der Waals surface area (Å²) in [5, 5.41) is 1.74. The molecule has 0 aliphatic heterocycles. The number of ether oxygens (including phenoxy) is 1. The Labute approximate surface area is 156 Å². The van der Waals surface area contributed by atoms with E-state index >= 15 is 0 Å². The fraction of sp³-hybridized carbons (Fsp3) is 0.118. The van der Waals surface area contributed by atoms with Crippen LogP contribution in [0.1, 0.15) is 11.1 Å². The Hall–Kier alpha value is -1.86. The molecular weight excluding hydrogens is 385 g/mol. The highest BCUT2D eigenvalue weighted by atomic mass is 35.5. The highest BCUT2D eigenvalue weighted by Gasteiger charge is 2.10. The van der Waals surface area contributed by atoms with Crippen LogP contribution in [0.15, 0.2) is 53.9 Å². The van der Waals surface area contributed by atoms with Gasteiger partial charge in [0.2, 0.25) is 10.0 Å². The molecule has 132 valence electrons. The topological polar surface area (TPSA) is 72.5 Å². The van der Waals surface area contributed by atoms with Crippen molar-refractivity contribution in [3.05, 3.63) is 75.1 Å². The van der Waals surface area contributed by atoms with E-state index in [0.717, 1.165) is 11.0 Å². The maximum absolute atomic E-state index is 11.8. The Morgan fingerprint density at radius 3 is 2.48 bits per heavy atom. The van der Waals surface area contributed by atoms with Crippen molar-refractivity contribution in [2.75, 3.05) is 6.54 Å². The lowest BCUT2D eigenvalue weighted by molar-refractivity contribution is -0.143. The van der Waals surface area contributed by atoms with E-state index in [1.807, 2.05) is 6.07 Å². The van der Waals surface area contributed by atoms with Crippen LogP contribution in [0.5, 0.6) is 0 Å². The summed E-state index contributed by atoms with van der Waals surface area (Å²) >= 11 is 11.7. The molecule has 25 heavy (non-hydrogen) atoms. The first kappa shape index (κ1) is 19.5. The molecule has 0 saturated carbocycles. The summed E-state index contributed by atoms with van der Waals surface area (Å²) in [5.41, 5.74) is 1.38. The zero-order chi connectivity index (χ0) is 18.3. The number of hydrogen-bond acceptors (Lipinski definition) is 4. The standard InChI is InChI=1S/C17H15Cl2NO4S/c18-15-7-6-14(10-16(15)19)12-24-17(21)11-20-25(22,23)9-8-13-4-2-1-3-5-13/h1-10,20H,11-12H2/b9-8-. The predicted molar refractivity (Wildman–Crippen MR) is 98.7 cm³/mol. The second kappa shape index (κ2) is 9.01. The molecule has 0 atom stereocenters. The number of sulfonamides is 1. The SMILES string of the molecule is O=C(CNS(=O)(=O)/C=C\c1ccccc1)OCc1ccc(Cl)c(Cl)c1. The van der Waals surface area contributed by atoms with Crippen molar-refractivity contribution in [3.8, 4) is 0 Å². The van der Waals surface area contributed by atoms with E-state index in [1.54, 1.807) is 42.5 Å². The first-order valence-corrected chi connectivity index (χ1v) is 9.48. The molecule has 1 N–H and O–H groups in total. The largest absolute Gasteiger partial charge is 0.460 e. The lowest BCUT2D eigenvalue weighted by atomic mass is 10.2. The van der Waals surface area contributed by atoms with E-state index in [2.05, 4.69) is 4.72 Å². The van der Waals surface area contributed by atoms with Gasteiger partial charge in [0.05, 0.1) is 10.0 Å². The molecule has 0 bridgehead atoms.